The van der Waals surface area contributed by atoms with E-state index in [0.717, 1.165) is 11.3 Å². The first-order valence-corrected chi connectivity index (χ1v) is 9.23. The van der Waals surface area contributed by atoms with Crippen molar-refractivity contribution in [3.63, 3.8) is 0 Å². The quantitative estimate of drug-likeness (QED) is 0.758. The molecule has 0 radical (unpaired) electrons. The summed E-state index contributed by atoms with van der Waals surface area (Å²) in [6.07, 6.45) is 0.123. The van der Waals surface area contributed by atoms with Crippen molar-refractivity contribution in [1.82, 2.24) is 9.84 Å². The van der Waals surface area contributed by atoms with Crippen LogP contribution in [0.25, 0.3) is 0 Å². The summed E-state index contributed by atoms with van der Waals surface area (Å²) < 4.78 is 28.4. The van der Waals surface area contributed by atoms with Crippen molar-refractivity contribution < 1.29 is 23.1 Å². The molecular formula is C16H17N3O5S. The summed E-state index contributed by atoms with van der Waals surface area (Å²) in [6, 6.07) is 11.4. The van der Waals surface area contributed by atoms with Gasteiger partial charge in [-0.05, 0) is 29.8 Å². The number of fused-ring (bicyclic) bond motifs is 1. The molecule has 0 fully saturated rings. The second-order valence-corrected chi connectivity index (χ2v) is 7.29. The smallest absolute Gasteiger partial charge is 0.273 e. The number of para-hydroxylation sites is 1. The van der Waals surface area contributed by atoms with Gasteiger partial charge in [-0.25, -0.2) is 13.4 Å². The van der Waals surface area contributed by atoms with E-state index in [1.807, 2.05) is 0 Å². The van der Waals surface area contributed by atoms with Gasteiger partial charge in [0.25, 0.3) is 5.91 Å². The maximum absolute atomic E-state index is 12.8. The minimum absolute atomic E-state index is 0.118. The molecule has 0 unspecified atom stereocenters. The first-order valence-electron chi connectivity index (χ1n) is 7.33. The highest BCUT2D eigenvalue weighted by Crippen LogP contribution is 2.35. The van der Waals surface area contributed by atoms with Gasteiger partial charge >= 0.3 is 0 Å². The van der Waals surface area contributed by atoms with Crippen molar-refractivity contribution in [2.45, 2.75) is 6.17 Å². The number of methoxy groups -OCH3 is 1. The van der Waals surface area contributed by atoms with E-state index in [2.05, 4.69) is 10.1 Å². The lowest BCUT2D eigenvalue weighted by atomic mass is 10.0. The van der Waals surface area contributed by atoms with Gasteiger partial charge in [-0.3, -0.25) is 4.79 Å². The Morgan fingerprint density at radius 2 is 1.96 bits per heavy atom. The number of carbonyl (C=O) groups excluding carboxylic acids is 1. The lowest BCUT2D eigenvalue weighted by molar-refractivity contribution is 0.0633. The molecule has 25 heavy (non-hydrogen) atoms. The fourth-order valence-corrected chi connectivity index (χ4v) is 3.18. The lowest BCUT2D eigenvalue weighted by Gasteiger charge is -2.37. The van der Waals surface area contributed by atoms with Crippen molar-refractivity contribution in [2.75, 3.05) is 18.7 Å². The number of sulfonamides is 1. The number of carbonyl (C=O) groups is 1. The van der Waals surface area contributed by atoms with Gasteiger partial charge in [-0.2, -0.15) is 0 Å². The lowest BCUT2D eigenvalue weighted by Crippen LogP contribution is -2.52. The summed E-state index contributed by atoms with van der Waals surface area (Å²) in [4.78, 5) is 15.0. The van der Waals surface area contributed by atoms with Crippen LogP contribution >= 0.6 is 0 Å². The van der Waals surface area contributed by atoms with Gasteiger partial charge < -0.3 is 15.2 Å². The van der Waals surface area contributed by atoms with Crippen LogP contribution in [0.4, 0.5) is 5.69 Å². The predicted octanol–water partition coefficient (Wildman–Crippen LogP) is 1.43. The fourth-order valence-electron chi connectivity index (χ4n) is 2.64. The van der Waals surface area contributed by atoms with Crippen molar-refractivity contribution in [3.05, 3.63) is 53.6 Å². The number of ether oxygens (including phenoxy) is 1. The molecule has 1 amide bonds. The van der Waals surface area contributed by atoms with E-state index in [4.69, 9.17) is 4.74 Å². The molecule has 0 aliphatic carbocycles. The zero-order chi connectivity index (χ0) is 18.2. The maximum Gasteiger partial charge on any atom is 0.273 e. The molecular weight excluding hydrogens is 346 g/mol. The summed E-state index contributed by atoms with van der Waals surface area (Å²) >= 11 is 0. The Balaban J connectivity index is 2.08. The Morgan fingerprint density at radius 3 is 2.60 bits per heavy atom. The Hall–Kier alpha value is -2.78. The van der Waals surface area contributed by atoms with E-state index in [1.165, 1.54) is 19.2 Å². The SMILES string of the molecule is COc1ccc([C@@H]2Nc3ccccc3C(=O)N2NS(C)(=O)=O)cc1O. The standard InChI is InChI=1S/C16H17N3O5S/c1-24-14-8-7-10(9-13(14)20)15-17-12-6-4-3-5-11(12)16(21)19(15)18-25(2,22)23/h3-9,15,17-18,20H,1-2H3/t15-/m1/s1. The van der Waals surface area contributed by atoms with Crippen LogP contribution < -0.4 is 14.9 Å². The van der Waals surface area contributed by atoms with Crippen LogP contribution in [-0.2, 0) is 10.0 Å². The normalized spacial score (nSPS) is 17.0. The largest absolute Gasteiger partial charge is 0.504 e. The molecule has 3 N–H and O–H groups in total. The van der Waals surface area contributed by atoms with E-state index in [0.29, 0.717) is 16.8 Å². The molecule has 1 aliphatic heterocycles. The fraction of sp³-hybridized carbons (Fsp3) is 0.188. The molecule has 0 saturated heterocycles. The van der Waals surface area contributed by atoms with Crippen LogP contribution in [0.1, 0.15) is 22.1 Å². The number of rotatable bonds is 4. The van der Waals surface area contributed by atoms with E-state index < -0.39 is 22.1 Å². The third kappa shape index (κ3) is 3.37. The monoisotopic (exact) mass is 363 g/mol. The number of amides is 1. The average molecular weight is 363 g/mol. The Labute approximate surface area is 145 Å². The van der Waals surface area contributed by atoms with Crippen molar-refractivity contribution in [2.24, 2.45) is 0 Å². The number of benzene rings is 2. The first-order chi connectivity index (χ1) is 11.8. The van der Waals surface area contributed by atoms with Crippen molar-refractivity contribution >= 4 is 21.6 Å². The number of anilines is 1. The van der Waals surface area contributed by atoms with Gasteiger partial charge in [0.15, 0.2) is 11.5 Å². The molecule has 1 aliphatic rings. The summed E-state index contributed by atoms with van der Waals surface area (Å²) in [5.41, 5.74) is 1.39. The number of nitrogens with one attached hydrogen (secondary N) is 2. The van der Waals surface area contributed by atoms with Gasteiger partial charge in [-0.15, -0.1) is 4.83 Å². The molecule has 0 spiro atoms. The van der Waals surface area contributed by atoms with Gasteiger partial charge in [0, 0.05) is 5.69 Å². The highest BCUT2D eigenvalue weighted by Gasteiger charge is 2.35. The molecule has 1 heterocycles. The number of aromatic hydroxyl groups is 1. The summed E-state index contributed by atoms with van der Waals surface area (Å²) in [6.45, 7) is 0. The highest BCUT2D eigenvalue weighted by atomic mass is 32.2. The zero-order valence-electron chi connectivity index (χ0n) is 13.6. The second-order valence-electron chi connectivity index (χ2n) is 5.56. The van der Waals surface area contributed by atoms with Crippen LogP contribution in [0.5, 0.6) is 11.5 Å². The summed E-state index contributed by atoms with van der Waals surface area (Å²) in [5, 5.41) is 14.1. The third-order valence-electron chi connectivity index (χ3n) is 3.71. The van der Waals surface area contributed by atoms with Crippen LogP contribution in [0.15, 0.2) is 42.5 Å². The minimum atomic E-state index is -3.70. The number of phenolic OH excluding ortho intramolecular Hbond substituents is 1. The maximum atomic E-state index is 12.8. The van der Waals surface area contributed by atoms with E-state index in [-0.39, 0.29) is 11.5 Å². The first kappa shape index (κ1) is 17.1. The number of hydrogen-bond acceptors (Lipinski definition) is 6. The van der Waals surface area contributed by atoms with E-state index >= 15 is 0 Å². The Morgan fingerprint density at radius 1 is 1.24 bits per heavy atom. The molecule has 1 atom stereocenters. The molecule has 132 valence electrons. The average Bonchev–Trinajstić information content (AvgIpc) is 2.56. The van der Waals surface area contributed by atoms with Crippen LogP contribution in [0.3, 0.4) is 0 Å². The van der Waals surface area contributed by atoms with Gasteiger partial charge in [0.1, 0.15) is 6.17 Å². The molecule has 0 aromatic heterocycles. The predicted molar refractivity (Wildman–Crippen MR) is 91.6 cm³/mol. The Kier molecular flexibility index (Phi) is 4.27. The van der Waals surface area contributed by atoms with Gasteiger partial charge in [-0.1, -0.05) is 18.2 Å². The van der Waals surface area contributed by atoms with E-state index in [9.17, 15) is 18.3 Å². The number of hydrogen-bond donors (Lipinski definition) is 3. The third-order valence-corrected chi connectivity index (χ3v) is 4.24. The van der Waals surface area contributed by atoms with Gasteiger partial charge in [0.2, 0.25) is 10.0 Å². The summed E-state index contributed by atoms with van der Waals surface area (Å²) in [5.74, 6) is -0.346. The van der Waals surface area contributed by atoms with E-state index in [1.54, 1.807) is 30.3 Å². The Bertz CT molecular complexity index is 929. The van der Waals surface area contributed by atoms with Crippen LogP contribution in [0, 0.1) is 0 Å². The topological polar surface area (TPSA) is 108 Å². The molecule has 9 heteroatoms. The van der Waals surface area contributed by atoms with Crippen molar-refractivity contribution in [3.8, 4) is 11.5 Å². The number of phenols is 1. The van der Waals surface area contributed by atoms with Crippen molar-refractivity contribution in [1.29, 1.82) is 0 Å². The van der Waals surface area contributed by atoms with Gasteiger partial charge in [0.05, 0.1) is 18.9 Å². The molecule has 2 aromatic rings. The second kappa shape index (κ2) is 6.26. The summed E-state index contributed by atoms with van der Waals surface area (Å²) in [7, 11) is -2.27. The molecule has 3 rings (SSSR count). The number of nitrogens with zero attached hydrogens (tertiary/aromatic N) is 1. The zero-order valence-corrected chi connectivity index (χ0v) is 14.4. The molecule has 2 aromatic carbocycles. The van der Waals surface area contributed by atoms with Crippen LogP contribution in [0.2, 0.25) is 0 Å². The van der Waals surface area contributed by atoms with Crippen LogP contribution in [-0.4, -0.2) is 37.8 Å². The minimum Gasteiger partial charge on any atom is -0.504 e. The molecule has 0 saturated carbocycles. The highest BCUT2D eigenvalue weighted by molar-refractivity contribution is 7.88. The number of hydrazine groups is 1. The molecule has 8 nitrogen and oxygen atoms in total. The molecule has 0 bridgehead atoms.